The number of anilines is 2. The predicted octanol–water partition coefficient (Wildman–Crippen LogP) is 4.86. The molecule has 0 saturated carbocycles. The van der Waals surface area contributed by atoms with E-state index in [4.69, 9.17) is 0 Å². The van der Waals surface area contributed by atoms with Gasteiger partial charge in [-0.2, -0.15) is 0 Å². The molecule has 1 N–H and O–H groups in total. The minimum Gasteiger partial charge on any atom is -0.357 e. The summed E-state index contributed by atoms with van der Waals surface area (Å²) in [6, 6.07) is 5.99. The number of fused-ring (bicyclic) bond motifs is 1. The smallest absolute Gasteiger partial charge is 0.266 e. The average Bonchev–Trinajstić information content (AvgIpc) is 3.00. The molecule has 0 aliphatic carbocycles. The molecule has 1 saturated heterocycles. The molecule has 0 aromatic carbocycles. The number of aromatic nitrogens is 2. The predicted molar refractivity (Wildman–Crippen MR) is 112 cm³/mol. The summed E-state index contributed by atoms with van der Waals surface area (Å²) in [7, 11) is 0. The van der Waals surface area contributed by atoms with Crippen LogP contribution in [0.2, 0.25) is 0 Å². The maximum absolute atomic E-state index is 12.8. The molecule has 4 rings (SSSR count). The van der Waals surface area contributed by atoms with E-state index in [1.54, 1.807) is 6.20 Å². The Morgan fingerprint density at radius 2 is 1.93 bits per heavy atom. The summed E-state index contributed by atoms with van der Waals surface area (Å²) in [5.74, 6) is 0.890. The summed E-state index contributed by atoms with van der Waals surface area (Å²) in [4.78, 5) is 25.9. The quantitative estimate of drug-likeness (QED) is 0.705. The van der Waals surface area contributed by atoms with Crippen LogP contribution in [0.3, 0.4) is 0 Å². The molecule has 3 aromatic rings. The number of piperidine rings is 1. The lowest BCUT2D eigenvalue weighted by Crippen LogP contribution is -2.30. The summed E-state index contributed by atoms with van der Waals surface area (Å²) in [6.07, 6.45) is 5.49. The molecule has 0 atom stereocenters. The van der Waals surface area contributed by atoms with Gasteiger partial charge in [-0.05, 0) is 69.4 Å². The number of nitrogens with one attached hydrogen (secondary N) is 1. The van der Waals surface area contributed by atoms with Gasteiger partial charge in [-0.15, -0.1) is 11.3 Å². The van der Waals surface area contributed by atoms with Crippen LogP contribution < -0.4 is 10.2 Å². The van der Waals surface area contributed by atoms with Crippen LogP contribution in [0.15, 0.2) is 24.4 Å². The number of amides is 1. The van der Waals surface area contributed by atoms with Crippen molar-refractivity contribution in [3.8, 4) is 0 Å². The third-order valence-corrected chi connectivity index (χ3v) is 6.30. The standard InChI is InChI=1S/C21H24N4OS/c1-13-11-14(2)23-21-18(13)15(3)19(27-21)20(26)24-16-7-8-17(22-12-16)25-9-5-4-6-10-25/h7-8,11-12H,4-6,9-10H2,1-3H3,(H,24,26). The van der Waals surface area contributed by atoms with Crippen molar-refractivity contribution in [1.29, 1.82) is 0 Å². The molecule has 0 unspecified atom stereocenters. The number of carbonyl (C=O) groups excluding carboxylic acids is 1. The van der Waals surface area contributed by atoms with E-state index in [1.165, 1.54) is 30.6 Å². The van der Waals surface area contributed by atoms with Crippen LogP contribution in [0.1, 0.15) is 45.8 Å². The van der Waals surface area contributed by atoms with Crippen LogP contribution in [0, 0.1) is 20.8 Å². The molecule has 1 amide bonds. The topological polar surface area (TPSA) is 58.1 Å². The van der Waals surface area contributed by atoms with Gasteiger partial charge in [-0.25, -0.2) is 9.97 Å². The second-order valence-electron chi connectivity index (χ2n) is 7.22. The van der Waals surface area contributed by atoms with Gasteiger partial charge in [0.2, 0.25) is 0 Å². The van der Waals surface area contributed by atoms with Gasteiger partial charge in [-0.3, -0.25) is 4.79 Å². The zero-order valence-electron chi connectivity index (χ0n) is 16.0. The second kappa shape index (κ2) is 7.27. The minimum atomic E-state index is -0.0972. The van der Waals surface area contributed by atoms with Crippen LogP contribution in [0.25, 0.3) is 10.2 Å². The van der Waals surface area contributed by atoms with Crippen molar-refractivity contribution in [3.63, 3.8) is 0 Å². The third kappa shape index (κ3) is 3.54. The van der Waals surface area contributed by atoms with Crippen LogP contribution in [-0.2, 0) is 0 Å². The Morgan fingerprint density at radius 3 is 2.63 bits per heavy atom. The van der Waals surface area contributed by atoms with E-state index in [0.29, 0.717) is 4.88 Å². The fourth-order valence-electron chi connectivity index (χ4n) is 3.79. The Balaban J connectivity index is 1.54. The van der Waals surface area contributed by atoms with E-state index in [9.17, 15) is 4.79 Å². The molecule has 3 aromatic heterocycles. The zero-order chi connectivity index (χ0) is 19.0. The minimum absolute atomic E-state index is 0.0972. The van der Waals surface area contributed by atoms with Crippen LogP contribution in [0.4, 0.5) is 11.5 Å². The molecule has 1 aliphatic heterocycles. The number of aryl methyl sites for hydroxylation is 3. The highest BCUT2D eigenvalue weighted by Gasteiger charge is 2.18. The Hall–Kier alpha value is -2.47. The van der Waals surface area contributed by atoms with Crippen molar-refractivity contribution in [2.75, 3.05) is 23.3 Å². The van der Waals surface area contributed by atoms with Gasteiger partial charge in [-0.1, -0.05) is 0 Å². The summed E-state index contributed by atoms with van der Waals surface area (Å²) in [6.45, 7) is 8.17. The van der Waals surface area contributed by atoms with Crippen molar-refractivity contribution in [3.05, 3.63) is 46.1 Å². The van der Waals surface area contributed by atoms with Crippen molar-refractivity contribution in [2.24, 2.45) is 0 Å². The van der Waals surface area contributed by atoms with Gasteiger partial charge >= 0.3 is 0 Å². The lowest BCUT2D eigenvalue weighted by molar-refractivity contribution is 0.103. The molecular formula is C21H24N4OS. The summed E-state index contributed by atoms with van der Waals surface area (Å²) < 4.78 is 0. The largest absolute Gasteiger partial charge is 0.357 e. The summed E-state index contributed by atoms with van der Waals surface area (Å²) in [5.41, 5.74) is 3.86. The first kappa shape index (κ1) is 17.9. The fourth-order valence-corrected chi connectivity index (χ4v) is 4.99. The molecule has 140 valence electrons. The molecule has 27 heavy (non-hydrogen) atoms. The third-order valence-electron chi connectivity index (χ3n) is 5.12. The van der Waals surface area contributed by atoms with Gasteiger partial charge in [0.25, 0.3) is 5.91 Å². The van der Waals surface area contributed by atoms with Gasteiger partial charge in [0.1, 0.15) is 10.6 Å². The monoisotopic (exact) mass is 380 g/mol. The van der Waals surface area contributed by atoms with E-state index in [0.717, 1.165) is 51.6 Å². The molecule has 4 heterocycles. The highest BCUT2D eigenvalue weighted by Crippen LogP contribution is 2.32. The zero-order valence-corrected chi connectivity index (χ0v) is 16.8. The van der Waals surface area contributed by atoms with E-state index < -0.39 is 0 Å². The summed E-state index contributed by atoms with van der Waals surface area (Å²) >= 11 is 1.45. The molecular weight excluding hydrogens is 356 g/mol. The molecule has 6 heteroatoms. The highest BCUT2D eigenvalue weighted by atomic mass is 32.1. The maximum atomic E-state index is 12.8. The Kier molecular flexibility index (Phi) is 4.83. The van der Waals surface area contributed by atoms with E-state index >= 15 is 0 Å². The van der Waals surface area contributed by atoms with Crippen molar-refractivity contribution < 1.29 is 4.79 Å². The first-order chi connectivity index (χ1) is 13.0. The van der Waals surface area contributed by atoms with Gasteiger partial charge in [0, 0.05) is 24.2 Å². The Labute approximate surface area is 163 Å². The second-order valence-corrected chi connectivity index (χ2v) is 8.22. The van der Waals surface area contributed by atoms with E-state index in [2.05, 4.69) is 33.2 Å². The lowest BCUT2D eigenvalue weighted by atomic mass is 10.1. The van der Waals surface area contributed by atoms with Crippen LogP contribution in [0.5, 0.6) is 0 Å². The van der Waals surface area contributed by atoms with Gasteiger partial charge < -0.3 is 10.2 Å². The van der Waals surface area contributed by atoms with Crippen LogP contribution >= 0.6 is 11.3 Å². The SMILES string of the molecule is Cc1cc(C)c2c(C)c(C(=O)Nc3ccc(N4CCCCC4)nc3)sc2n1. The number of pyridine rings is 2. The Bertz CT molecular complexity index is 988. The average molecular weight is 381 g/mol. The highest BCUT2D eigenvalue weighted by molar-refractivity contribution is 7.20. The fraction of sp³-hybridized carbons (Fsp3) is 0.381. The van der Waals surface area contributed by atoms with E-state index in [-0.39, 0.29) is 5.91 Å². The normalized spacial score (nSPS) is 14.6. The first-order valence-corrected chi connectivity index (χ1v) is 10.2. The first-order valence-electron chi connectivity index (χ1n) is 9.42. The number of thiophene rings is 1. The van der Waals surface area contributed by atoms with Crippen LogP contribution in [-0.4, -0.2) is 29.0 Å². The number of hydrogen-bond donors (Lipinski definition) is 1. The van der Waals surface area contributed by atoms with Gasteiger partial charge in [0.05, 0.1) is 16.8 Å². The molecule has 1 fully saturated rings. The van der Waals surface area contributed by atoms with E-state index in [1.807, 2.05) is 26.0 Å². The number of hydrogen-bond acceptors (Lipinski definition) is 5. The number of carbonyl (C=O) groups is 1. The van der Waals surface area contributed by atoms with Crippen molar-refractivity contribution in [2.45, 2.75) is 40.0 Å². The molecule has 5 nitrogen and oxygen atoms in total. The molecule has 0 bridgehead atoms. The lowest BCUT2D eigenvalue weighted by Gasteiger charge is -2.27. The van der Waals surface area contributed by atoms with Crippen molar-refractivity contribution >= 4 is 39.0 Å². The number of rotatable bonds is 3. The van der Waals surface area contributed by atoms with Gasteiger partial charge in [0.15, 0.2) is 0 Å². The molecule has 0 radical (unpaired) electrons. The van der Waals surface area contributed by atoms with Crippen molar-refractivity contribution in [1.82, 2.24) is 9.97 Å². The molecule has 1 aliphatic rings. The Morgan fingerprint density at radius 1 is 1.15 bits per heavy atom. The molecule has 0 spiro atoms. The number of nitrogens with zero attached hydrogens (tertiary/aromatic N) is 3. The summed E-state index contributed by atoms with van der Waals surface area (Å²) in [5, 5.41) is 4.08. The maximum Gasteiger partial charge on any atom is 0.266 e.